The molecular formula is C25H37N9O2. The Balaban J connectivity index is 1.42. The fourth-order valence-corrected chi connectivity index (χ4v) is 4.33. The molecule has 4 rings (SSSR count). The van der Waals surface area contributed by atoms with Gasteiger partial charge < -0.3 is 25.2 Å². The highest BCUT2D eigenvalue weighted by molar-refractivity contribution is 5.76. The summed E-state index contributed by atoms with van der Waals surface area (Å²) in [6.07, 6.45) is 6.79. The van der Waals surface area contributed by atoms with Gasteiger partial charge in [-0.3, -0.25) is 4.79 Å². The normalized spacial score (nSPS) is 14.1. The molecule has 1 aliphatic rings. The summed E-state index contributed by atoms with van der Waals surface area (Å²) in [4.78, 5) is 32.1. The molecule has 0 bridgehead atoms. The van der Waals surface area contributed by atoms with Crippen LogP contribution in [0.4, 0.5) is 11.6 Å². The number of hydrogen-bond acceptors (Lipinski definition) is 9. The Morgan fingerprint density at radius 3 is 2.64 bits per heavy atom. The lowest BCUT2D eigenvalue weighted by molar-refractivity contribution is -0.131. The van der Waals surface area contributed by atoms with Gasteiger partial charge in [0.15, 0.2) is 11.5 Å². The molecule has 3 aromatic heterocycles. The summed E-state index contributed by atoms with van der Waals surface area (Å²) < 4.78 is 7.37. The van der Waals surface area contributed by atoms with Crippen molar-refractivity contribution < 1.29 is 9.53 Å². The molecule has 0 radical (unpaired) electrons. The van der Waals surface area contributed by atoms with Gasteiger partial charge in [0, 0.05) is 51.8 Å². The fourth-order valence-electron chi connectivity index (χ4n) is 4.33. The summed E-state index contributed by atoms with van der Waals surface area (Å²) in [6.45, 7) is 8.52. The van der Waals surface area contributed by atoms with Gasteiger partial charge >= 0.3 is 6.01 Å². The van der Waals surface area contributed by atoms with Crippen LogP contribution in [-0.4, -0.2) is 93.7 Å². The number of nitrogens with zero attached hydrogens (tertiary/aromatic N) is 8. The van der Waals surface area contributed by atoms with Crippen molar-refractivity contribution in [2.24, 2.45) is 0 Å². The van der Waals surface area contributed by atoms with Gasteiger partial charge in [-0.15, -0.1) is 5.10 Å². The van der Waals surface area contributed by atoms with E-state index in [0.29, 0.717) is 30.9 Å². The summed E-state index contributed by atoms with van der Waals surface area (Å²) in [5.74, 6) is 1.49. The SMILES string of the molecule is CCCCOc1nc(N)c2ncc(Cc3cnc(N4CCN(C(=O)CCN(C)C)CC4)c(C)c3)n2n1. The number of nitrogen functional groups attached to an aromatic ring is 1. The molecule has 0 unspecified atom stereocenters. The zero-order valence-electron chi connectivity index (χ0n) is 21.8. The molecule has 194 valence electrons. The van der Waals surface area contributed by atoms with E-state index in [9.17, 15) is 4.79 Å². The van der Waals surface area contributed by atoms with E-state index in [1.54, 1.807) is 10.7 Å². The van der Waals surface area contributed by atoms with Gasteiger partial charge in [-0.1, -0.05) is 19.4 Å². The number of hydrogen-bond donors (Lipinski definition) is 1. The number of fused-ring (bicyclic) bond motifs is 1. The summed E-state index contributed by atoms with van der Waals surface area (Å²) in [5, 5.41) is 4.50. The van der Waals surface area contributed by atoms with Crippen molar-refractivity contribution in [1.29, 1.82) is 0 Å². The van der Waals surface area contributed by atoms with Crippen molar-refractivity contribution in [2.45, 2.75) is 39.5 Å². The van der Waals surface area contributed by atoms with Crippen molar-refractivity contribution in [3.63, 3.8) is 0 Å². The number of imidazole rings is 1. The minimum absolute atomic E-state index is 0.222. The second-order valence-electron chi connectivity index (χ2n) is 9.55. The number of piperazine rings is 1. The number of ether oxygens (including phenoxy) is 1. The molecular weight excluding hydrogens is 458 g/mol. The van der Waals surface area contributed by atoms with Crippen LogP contribution in [0.1, 0.15) is 43.0 Å². The number of unbranched alkanes of at least 4 members (excludes halogenated alkanes) is 1. The second kappa shape index (κ2) is 11.5. The van der Waals surface area contributed by atoms with Crippen molar-refractivity contribution in [3.05, 3.63) is 35.3 Å². The Hall–Kier alpha value is -3.47. The Morgan fingerprint density at radius 1 is 1.17 bits per heavy atom. The van der Waals surface area contributed by atoms with Crippen LogP contribution in [0, 0.1) is 6.92 Å². The highest BCUT2D eigenvalue weighted by Crippen LogP contribution is 2.22. The van der Waals surface area contributed by atoms with E-state index in [0.717, 1.165) is 68.2 Å². The molecule has 1 fully saturated rings. The highest BCUT2D eigenvalue weighted by atomic mass is 16.5. The van der Waals surface area contributed by atoms with Crippen LogP contribution in [0.3, 0.4) is 0 Å². The van der Waals surface area contributed by atoms with Gasteiger partial charge in [-0.05, 0) is 38.6 Å². The van der Waals surface area contributed by atoms with Gasteiger partial charge in [0.25, 0.3) is 0 Å². The Kier molecular flexibility index (Phi) is 8.19. The molecule has 11 heteroatoms. The van der Waals surface area contributed by atoms with Gasteiger partial charge in [-0.2, -0.15) is 4.98 Å². The summed E-state index contributed by atoms with van der Waals surface area (Å²) >= 11 is 0. The first-order valence-electron chi connectivity index (χ1n) is 12.6. The van der Waals surface area contributed by atoms with Crippen molar-refractivity contribution in [1.82, 2.24) is 34.4 Å². The quantitative estimate of drug-likeness (QED) is 0.420. The summed E-state index contributed by atoms with van der Waals surface area (Å²) in [5.41, 5.74) is 9.66. The molecule has 2 N–H and O–H groups in total. The summed E-state index contributed by atoms with van der Waals surface area (Å²) in [6, 6.07) is 2.41. The number of aromatic nitrogens is 5. The molecule has 0 aliphatic carbocycles. The number of carbonyl (C=O) groups is 1. The third kappa shape index (κ3) is 6.01. The lowest BCUT2D eigenvalue weighted by Crippen LogP contribution is -2.49. The minimum atomic E-state index is 0.222. The van der Waals surface area contributed by atoms with Crippen LogP contribution >= 0.6 is 0 Å². The fraction of sp³-hybridized carbons (Fsp3) is 0.560. The first kappa shape index (κ1) is 25.6. The van der Waals surface area contributed by atoms with Crippen LogP contribution < -0.4 is 15.4 Å². The lowest BCUT2D eigenvalue weighted by atomic mass is 10.1. The molecule has 4 heterocycles. The van der Waals surface area contributed by atoms with E-state index in [4.69, 9.17) is 15.5 Å². The molecule has 1 aliphatic heterocycles. The molecule has 0 saturated carbocycles. The molecule has 36 heavy (non-hydrogen) atoms. The van der Waals surface area contributed by atoms with E-state index in [-0.39, 0.29) is 11.9 Å². The van der Waals surface area contributed by atoms with Crippen LogP contribution in [0.25, 0.3) is 5.65 Å². The van der Waals surface area contributed by atoms with Crippen molar-refractivity contribution in [3.8, 4) is 6.01 Å². The van der Waals surface area contributed by atoms with E-state index in [1.807, 2.05) is 30.1 Å². The average Bonchev–Trinajstić information content (AvgIpc) is 3.26. The lowest BCUT2D eigenvalue weighted by Gasteiger charge is -2.36. The van der Waals surface area contributed by atoms with Gasteiger partial charge in [0.2, 0.25) is 5.91 Å². The van der Waals surface area contributed by atoms with Crippen LogP contribution in [-0.2, 0) is 11.2 Å². The number of carbonyl (C=O) groups excluding carboxylic acids is 1. The Labute approximate surface area is 212 Å². The van der Waals surface area contributed by atoms with Crippen molar-refractivity contribution >= 4 is 23.2 Å². The second-order valence-corrected chi connectivity index (χ2v) is 9.55. The number of amides is 1. The van der Waals surface area contributed by atoms with Gasteiger partial charge in [-0.25, -0.2) is 14.5 Å². The predicted octanol–water partition coefficient (Wildman–Crippen LogP) is 1.78. The zero-order valence-corrected chi connectivity index (χ0v) is 21.8. The van der Waals surface area contributed by atoms with Gasteiger partial charge in [0.1, 0.15) is 5.82 Å². The molecule has 0 atom stereocenters. The number of nitrogens with two attached hydrogens (primary N) is 1. The summed E-state index contributed by atoms with van der Waals surface area (Å²) in [7, 11) is 3.98. The number of aryl methyl sites for hydroxylation is 1. The monoisotopic (exact) mass is 495 g/mol. The van der Waals surface area contributed by atoms with E-state index >= 15 is 0 Å². The number of rotatable bonds is 10. The Morgan fingerprint density at radius 2 is 1.94 bits per heavy atom. The molecule has 0 spiro atoms. The van der Waals surface area contributed by atoms with Crippen LogP contribution in [0.2, 0.25) is 0 Å². The molecule has 11 nitrogen and oxygen atoms in total. The maximum Gasteiger partial charge on any atom is 0.336 e. The zero-order chi connectivity index (χ0) is 25.7. The molecule has 3 aromatic rings. The molecule has 1 saturated heterocycles. The first-order valence-corrected chi connectivity index (χ1v) is 12.6. The van der Waals surface area contributed by atoms with Crippen LogP contribution in [0.15, 0.2) is 18.5 Å². The maximum atomic E-state index is 12.4. The smallest absolute Gasteiger partial charge is 0.336 e. The van der Waals surface area contributed by atoms with E-state index in [2.05, 4.69) is 39.9 Å². The third-order valence-electron chi connectivity index (χ3n) is 6.37. The van der Waals surface area contributed by atoms with E-state index < -0.39 is 0 Å². The van der Waals surface area contributed by atoms with Crippen molar-refractivity contribution in [2.75, 3.05) is 64.1 Å². The standard InChI is InChI=1S/C25H37N9O2/c1-5-6-13-36-25-29-22(26)24-28-17-20(34(24)30-25)15-19-14-18(2)23(27-16-19)33-11-9-32(10-12-33)21(35)7-8-31(3)4/h14,16-17H,5-13,15H2,1-4H3,(H2,26,29,30). The van der Waals surface area contributed by atoms with E-state index in [1.165, 1.54) is 0 Å². The topological polar surface area (TPSA) is 118 Å². The third-order valence-corrected chi connectivity index (χ3v) is 6.37. The Bertz CT molecular complexity index is 1190. The minimum Gasteiger partial charge on any atom is -0.462 e. The van der Waals surface area contributed by atoms with Crippen LogP contribution in [0.5, 0.6) is 6.01 Å². The van der Waals surface area contributed by atoms with Gasteiger partial charge in [0.05, 0.1) is 18.5 Å². The molecule has 1 amide bonds. The molecule has 0 aromatic carbocycles. The number of pyridine rings is 1. The number of anilines is 2. The maximum absolute atomic E-state index is 12.4. The first-order chi connectivity index (χ1) is 17.4. The average molecular weight is 496 g/mol. The largest absolute Gasteiger partial charge is 0.462 e. The predicted molar refractivity (Wildman–Crippen MR) is 139 cm³/mol. The highest BCUT2D eigenvalue weighted by Gasteiger charge is 2.23.